The van der Waals surface area contributed by atoms with Crippen molar-refractivity contribution < 1.29 is 4.79 Å². The number of rotatable bonds is 6. The first-order valence-electron chi connectivity index (χ1n) is 11.4. The highest BCUT2D eigenvalue weighted by molar-refractivity contribution is 6.33. The van der Waals surface area contributed by atoms with Crippen molar-refractivity contribution in [3.63, 3.8) is 0 Å². The number of hydrogen-bond donors (Lipinski definition) is 2. The lowest BCUT2D eigenvalue weighted by Crippen LogP contribution is -2.38. The van der Waals surface area contributed by atoms with E-state index in [0.717, 1.165) is 37.4 Å². The Morgan fingerprint density at radius 1 is 1.09 bits per heavy atom. The molecule has 2 N–H and O–H groups in total. The summed E-state index contributed by atoms with van der Waals surface area (Å²) in [4.78, 5) is 15.1. The van der Waals surface area contributed by atoms with Crippen molar-refractivity contribution in [1.82, 2.24) is 19.8 Å². The summed E-state index contributed by atoms with van der Waals surface area (Å²) in [7, 11) is 0. The molecule has 0 radical (unpaired) electrons. The summed E-state index contributed by atoms with van der Waals surface area (Å²) >= 11 is 6.51. The van der Waals surface area contributed by atoms with Crippen LogP contribution in [0, 0.1) is 5.92 Å². The smallest absolute Gasteiger partial charge is 0.227 e. The molecule has 4 aromatic rings. The molecule has 0 aliphatic carbocycles. The molecule has 9 heteroatoms. The molecule has 0 bridgehead atoms. The predicted octanol–water partition coefficient (Wildman–Crippen LogP) is 4.81. The molecule has 2 aromatic carbocycles. The Kier molecular flexibility index (Phi) is 6.31. The lowest BCUT2D eigenvalue weighted by Gasteiger charge is -2.32. The summed E-state index contributed by atoms with van der Waals surface area (Å²) < 4.78 is 1.66. The molecule has 1 aliphatic rings. The average Bonchev–Trinajstić information content (AvgIpc) is 3.34. The summed E-state index contributed by atoms with van der Waals surface area (Å²) in [6.45, 7) is 3.62. The maximum Gasteiger partial charge on any atom is 0.227 e. The van der Waals surface area contributed by atoms with Crippen LogP contribution in [0.5, 0.6) is 0 Å². The van der Waals surface area contributed by atoms with Crippen LogP contribution in [0.1, 0.15) is 31.4 Å². The van der Waals surface area contributed by atoms with E-state index in [1.165, 1.54) is 5.56 Å². The van der Waals surface area contributed by atoms with E-state index in [4.69, 9.17) is 11.6 Å². The van der Waals surface area contributed by atoms with Gasteiger partial charge in [-0.1, -0.05) is 41.9 Å². The summed E-state index contributed by atoms with van der Waals surface area (Å²) in [5.74, 6) is 0.839. The van der Waals surface area contributed by atoms with E-state index in [1.807, 2.05) is 42.5 Å². The number of piperidine rings is 1. The zero-order chi connectivity index (χ0) is 23.5. The third kappa shape index (κ3) is 4.82. The molecule has 2 aromatic heterocycles. The van der Waals surface area contributed by atoms with Gasteiger partial charge in [-0.2, -0.15) is 4.52 Å². The van der Waals surface area contributed by atoms with Crippen LogP contribution in [0.4, 0.5) is 17.2 Å². The number of benzene rings is 2. The Balaban J connectivity index is 1.16. The van der Waals surface area contributed by atoms with Crippen LogP contribution in [-0.2, 0) is 4.79 Å². The lowest BCUT2D eigenvalue weighted by molar-refractivity contribution is -0.120. The van der Waals surface area contributed by atoms with E-state index >= 15 is 0 Å². The van der Waals surface area contributed by atoms with Gasteiger partial charge in [-0.3, -0.25) is 4.79 Å². The number of halogens is 1. The fraction of sp³-hybridized carbons (Fsp3) is 0.280. The maximum atomic E-state index is 12.9. The van der Waals surface area contributed by atoms with Gasteiger partial charge in [0.05, 0.1) is 10.7 Å². The van der Waals surface area contributed by atoms with Gasteiger partial charge in [0.15, 0.2) is 5.65 Å². The van der Waals surface area contributed by atoms with Crippen molar-refractivity contribution in [3.8, 4) is 0 Å². The first-order chi connectivity index (χ1) is 16.6. The summed E-state index contributed by atoms with van der Waals surface area (Å²) in [5.41, 5.74) is 3.43. The molecule has 1 atom stereocenters. The highest BCUT2D eigenvalue weighted by Gasteiger charge is 2.26. The first kappa shape index (κ1) is 22.2. The quantitative estimate of drug-likeness (QED) is 0.416. The molecular weight excluding hydrogens is 450 g/mol. The van der Waals surface area contributed by atoms with Crippen molar-refractivity contribution in [2.24, 2.45) is 5.92 Å². The van der Waals surface area contributed by atoms with Crippen LogP contribution in [0.25, 0.3) is 5.65 Å². The molecule has 174 valence electrons. The van der Waals surface area contributed by atoms with Gasteiger partial charge in [0, 0.05) is 30.7 Å². The monoisotopic (exact) mass is 475 g/mol. The van der Waals surface area contributed by atoms with Gasteiger partial charge in [-0.05, 0) is 55.7 Å². The third-order valence-electron chi connectivity index (χ3n) is 6.25. The highest BCUT2D eigenvalue weighted by Crippen LogP contribution is 2.30. The molecule has 1 fully saturated rings. The van der Waals surface area contributed by atoms with E-state index in [2.05, 4.69) is 49.9 Å². The molecule has 5 rings (SSSR count). The topological polar surface area (TPSA) is 87.5 Å². The standard InChI is InChI=1S/C25H26ClN7O/c1-17(18-5-3-2-4-6-18)28-22-8-7-20(15-21(22)26)29-25(34)19-11-13-32(14-12-19)24-10-9-23-30-27-16-33(23)31-24/h2-10,15-17,19,28H,11-14H2,1H3,(H,29,34). The largest absolute Gasteiger partial charge is 0.377 e. The molecule has 8 nitrogen and oxygen atoms in total. The number of aromatic nitrogens is 4. The minimum absolute atomic E-state index is 0.0244. The number of carbonyl (C=O) groups excluding carboxylic acids is 1. The zero-order valence-electron chi connectivity index (χ0n) is 18.9. The average molecular weight is 476 g/mol. The van der Waals surface area contributed by atoms with E-state index in [0.29, 0.717) is 16.4 Å². The fourth-order valence-electron chi connectivity index (χ4n) is 4.27. The number of fused-ring (bicyclic) bond motifs is 1. The number of nitrogens with zero attached hydrogens (tertiary/aromatic N) is 5. The summed E-state index contributed by atoms with van der Waals surface area (Å²) in [6, 6.07) is 19.7. The molecule has 34 heavy (non-hydrogen) atoms. The Morgan fingerprint density at radius 3 is 2.65 bits per heavy atom. The van der Waals surface area contributed by atoms with Crippen LogP contribution in [-0.4, -0.2) is 38.8 Å². The van der Waals surface area contributed by atoms with E-state index in [-0.39, 0.29) is 17.9 Å². The molecule has 1 unspecified atom stereocenters. The minimum atomic E-state index is -0.0513. The molecule has 0 spiro atoms. The first-order valence-corrected chi connectivity index (χ1v) is 11.8. The van der Waals surface area contributed by atoms with Gasteiger partial charge >= 0.3 is 0 Å². The van der Waals surface area contributed by atoms with Gasteiger partial charge in [-0.15, -0.1) is 15.3 Å². The second-order valence-corrected chi connectivity index (χ2v) is 8.95. The van der Waals surface area contributed by atoms with Gasteiger partial charge in [0.2, 0.25) is 5.91 Å². The van der Waals surface area contributed by atoms with Crippen molar-refractivity contribution in [2.45, 2.75) is 25.8 Å². The number of carbonyl (C=O) groups is 1. The molecule has 0 saturated carbocycles. The number of anilines is 3. The van der Waals surface area contributed by atoms with Crippen LogP contribution in [0.3, 0.4) is 0 Å². The Hall–Kier alpha value is -3.65. The van der Waals surface area contributed by atoms with Gasteiger partial charge in [-0.25, -0.2) is 0 Å². The van der Waals surface area contributed by atoms with Crippen LogP contribution in [0.15, 0.2) is 67.0 Å². The van der Waals surface area contributed by atoms with Crippen molar-refractivity contribution >= 4 is 40.3 Å². The van der Waals surface area contributed by atoms with E-state index in [9.17, 15) is 4.79 Å². The number of hydrogen-bond acceptors (Lipinski definition) is 6. The summed E-state index contributed by atoms with van der Waals surface area (Å²) in [6.07, 6.45) is 3.11. The molecule has 1 saturated heterocycles. The van der Waals surface area contributed by atoms with Crippen molar-refractivity contribution in [3.05, 3.63) is 77.6 Å². The molecule has 3 heterocycles. The Labute approximate surface area is 202 Å². The number of nitrogens with one attached hydrogen (secondary N) is 2. The van der Waals surface area contributed by atoms with Crippen molar-refractivity contribution in [1.29, 1.82) is 0 Å². The van der Waals surface area contributed by atoms with Gasteiger partial charge in [0.1, 0.15) is 12.1 Å². The molecular formula is C25H26ClN7O. The van der Waals surface area contributed by atoms with Crippen LogP contribution >= 0.6 is 11.6 Å². The zero-order valence-corrected chi connectivity index (χ0v) is 19.6. The van der Waals surface area contributed by atoms with Crippen LogP contribution in [0.2, 0.25) is 5.02 Å². The second-order valence-electron chi connectivity index (χ2n) is 8.55. The predicted molar refractivity (Wildman–Crippen MR) is 134 cm³/mol. The lowest BCUT2D eigenvalue weighted by atomic mass is 9.96. The Morgan fingerprint density at radius 2 is 1.88 bits per heavy atom. The summed E-state index contributed by atoms with van der Waals surface area (Å²) in [5, 5.41) is 19.4. The maximum absolute atomic E-state index is 12.9. The molecule has 1 aliphatic heterocycles. The van der Waals surface area contributed by atoms with E-state index < -0.39 is 0 Å². The minimum Gasteiger partial charge on any atom is -0.377 e. The van der Waals surface area contributed by atoms with Crippen molar-refractivity contribution in [2.75, 3.05) is 28.6 Å². The third-order valence-corrected chi connectivity index (χ3v) is 6.56. The molecule has 1 amide bonds. The second kappa shape index (κ2) is 9.69. The van der Waals surface area contributed by atoms with E-state index in [1.54, 1.807) is 16.9 Å². The highest BCUT2D eigenvalue weighted by atomic mass is 35.5. The normalized spacial score (nSPS) is 15.3. The Bertz CT molecular complexity index is 1280. The number of amides is 1. The van der Waals surface area contributed by atoms with Crippen LogP contribution < -0.4 is 15.5 Å². The SMILES string of the molecule is CC(Nc1ccc(NC(=O)C2CCN(c3ccc4nncn4n3)CC2)cc1Cl)c1ccccc1. The van der Waals surface area contributed by atoms with Gasteiger partial charge in [0.25, 0.3) is 0 Å². The van der Waals surface area contributed by atoms with Gasteiger partial charge < -0.3 is 15.5 Å². The fourth-order valence-corrected chi connectivity index (χ4v) is 4.51.